The molecule has 2 fully saturated rings. The van der Waals surface area contributed by atoms with Gasteiger partial charge in [0.05, 0.1) is 12.6 Å². The zero-order valence-electron chi connectivity index (χ0n) is 11.0. The predicted molar refractivity (Wildman–Crippen MR) is 70.0 cm³/mol. The Morgan fingerprint density at radius 3 is 2.94 bits per heavy atom. The van der Waals surface area contributed by atoms with Crippen molar-refractivity contribution in [3.05, 3.63) is 0 Å². The highest BCUT2D eigenvalue weighted by molar-refractivity contribution is 5.77. The van der Waals surface area contributed by atoms with Crippen LogP contribution in [0, 0.1) is 11.3 Å². The minimum absolute atomic E-state index is 0.194. The van der Waals surface area contributed by atoms with E-state index in [2.05, 4.69) is 24.2 Å². The van der Waals surface area contributed by atoms with Gasteiger partial charge in [-0.2, -0.15) is 0 Å². The zero-order chi connectivity index (χ0) is 12.3. The van der Waals surface area contributed by atoms with E-state index in [4.69, 9.17) is 10.5 Å². The maximum Gasteiger partial charge on any atom is 0.188 e. The van der Waals surface area contributed by atoms with Gasteiger partial charge in [0.25, 0.3) is 0 Å². The summed E-state index contributed by atoms with van der Waals surface area (Å²) in [6.45, 7) is 6.98. The van der Waals surface area contributed by atoms with Crippen LogP contribution in [0.5, 0.6) is 0 Å². The van der Waals surface area contributed by atoms with Gasteiger partial charge in [-0.1, -0.05) is 13.8 Å². The van der Waals surface area contributed by atoms with E-state index in [1.54, 1.807) is 0 Å². The summed E-state index contributed by atoms with van der Waals surface area (Å²) >= 11 is 0. The van der Waals surface area contributed by atoms with Crippen LogP contribution in [0.1, 0.15) is 39.5 Å². The molecule has 1 aliphatic carbocycles. The van der Waals surface area contributed by atoms with Gasteiger partial charge >= 0.3 is 0 Å². The molecule has 98 valence electrons. The average molecular weight is 239 g/mol. The van der Waals surface area contributed by atoms with Crippen LogP contribution in [-0.4, -0.2) is 31.8 Å². The lowest BCUT2D eigenvalue weighted by molar-refractivity contribution is 0.0425. The molecule has 0 aromatic carbocycles. The quantitative estimate of drug-likeness (QED) is 0.564. The number of rotatable bonds is 5. The summed E-state index contributed by atoms with van der Waals surface area (Å²) < 4.78 is 5.88. The lowest BCUT2D eigenvalue weighted by Crippen LogP contribution is -2.36. The fourth-order valence-electron chi connectivity index (χ4n) is 2.61. The number of nitrogens with one attached hydrogen (secondary N) is 1. The van der Waals surface area contributed by atoms with Crippen molar-refractivity contribution in [2.24, 2.45) is 22.1 Å². The summed E-state index contributed by atoms with van der Waals surface area (Å²) in [7, 11) is 0. The third-order valence-corrected chi connectivity index (χ3v) is 3.87. The van der Waals surface area contributed by atoms with E-state index in [9.17, 15) is 0 Å². The number of hydrogen-bond donors (Lipinski definition) is 2. The molecule has 2 rings (SSSR count). The number of guanidine groups is 1. The molecule has 17 heavy (non-hydrogen) atoms. The minimum atomic E-state index is 0.194. The first-order chi connectivity index (χ1) is 8.15. The Morgan fingerprint density at radius 1 is 1.53 bits per heavy atom. The summed E-state index contributed by atoms with van der Waals surface area (Å²) in [5.74, 6) is 1.36. The molecule has 4 nitrogen and oxygen atoms in total. The van der Waals surface area contributed by atoms with E-state index in [0.717, 1.165) is 38.5 Å². The molecule has 1 saturated carbocycles. The highest BCUT2D eigenvalue weighted by Gasteiger charge is 2.47. The van der Waals surface area contributed by atoms with Gasteiger partial charge in [-0.05, 0) is 31.6 Å². The minimum Gasteiger partial charge on any atom is -0.377 e. The Balaban J connectivity index is 1.87. The molecule has 0 radical (unpaired) electrons. The van der Waals surface area contributed by atoms with Crippen LogP contribution < -0.4 is 11.1 Å². The summed E-state index contributed by atoms with van der Waals surface area (Å²) in [5, 5.41) is 3.12. The number of hydrogen-bond acceptors (Lipinski definition) is 2. The van der Waals surface area contributed by atoms with Crippen LogP contribution >= 0.6 is 0 Å². The molecular weight excluding hydrogens is 214 g/mol. The van der Waals surface area contributed by atoms with Crippen molar-refractivity contribution in [3.63, 3.8) is 0 Å². The van der Waals surface area contributed by atoms with Crippen molar-refractivity contribution in [3.8, 4) is 0 Å². The van der Waals surface area contributed by atoms with Gasteiger partial charge in [0.2, 0.25) is 0 Å². The summed E-state index contributed by atoms with van der Waals surface area (Å²) in [5.41, 5.74) is 6.03. The third-order valence-electron chi connectivity index (χ3n) is 3.87. The van der Waals surface area contributed by atoms with Crippen LogP contribution in [0.25, 0.3) is 0 Å². The summed E-state index contributed by atoms with van der Waals surface area (Å²) in [6.07, 6.45) is 5.24. The number of ether oxygens (including phenoxy) is 1. The smallest absolute Gasteiger partial charge is 0.188 e. The first-order valence-electron chi connectivity index (χ1n) is 6.81. The van der Waals surface area contributed by atoms with Crippen molar-refractivity contribution < 1.29 is 4.74 Å². The fourth-order valence-corrected chi connectivity index (χ4v) is 2.61. The van der Waals surface area contributed by atoms with E-state index >= 15 is 0 Å². The molecule has 1 heterocycles. The lowest BCUT2D eigenvalue weighted by Gasteiger charge is -2.28. The molecule has 0 aromatic rings. The number of nitrogens with zero attached hydrogens (tertiary/aromatic N) is 1. The van der Waals surface area contributed by atoms with Crippen molar-refractivity contribution >= 4 is 5.96 Å². The molecular formula is C13H25N3O. The second kappa shape index (κ2) is 5.25. The molecule has 1 saturated heterocycles. The summed E-state index contributed by atoms with van der Waals surface area (Å²) in [4.78, 5) is 4.48. The normalized spacial score (nSPS) is 34.0. The van der Waals surface area contributed by atoms with Gasteiger partial charge in [0.15, 0.2) is 5.96 Å². The SMILES string of the molecule is CCCNC(N)=NCC1(C)CCOC1C1CC1. The molecule has 4 heteroatoms. The molecule has 1 aliphatic heterocycles. The summed E-state index contributed by atoms with van der Waals surface area (Å²) in [6, 6.07) is 0. The van der Waals surface area contributed by atoms with Gasteiger partial charge in [0.1, 0.15) is 0 Å². The van der Waals surface area contributed by atoms with Crippen molar-refractivity contribution in [1.82, 2.24) is 5.32 Å². The van der Waals surface area contributed by atoms with Gasteiger partial charge in [0, 0.05) is 18.6 Å². The first-order valence-corrected chi connectivity index (χ1v) is 6.81. The Labute approximate surface area is 104 Å². The van der Waals surface area contributed by atoms with Crippen molar-refractivity contribution in [2.45, 2.75) is 45.6 Å². The maximum atomic E-state index is 5.88. The second-order valence-corrected chi connectivity index (χ2v) is 5.66. The van der Waals surface area contributed by atoms with Crippen LogP contribution in [0.3, 0.4) is 0 Å². The highest BCUT2D eigenvalue weighted by Crippen LogP contribution is 2.47. The fraction of sp³-hybridized carbons (Fsp3) is 0.923. The van der Waals surface area contributed by atoms with E-state index in [0.29, 0.717) is 12.1 Å². The van der Waals surface area contributed by atoms with Gasteiger partial charge in [-0.15, -0.1) is 0 Å². The van der Waals surface area contributed by atoms with Crippen LogP contribution in [0.15, 0.2) is 4.99 Å². The van der Waals surface area contributed by atoms with Crippen LogP contribution in [0.4, 0.5) is 0 Å². The molecule has 2 atom stereocenters. The lowest BCUT2D eigenvalue weighted by atomic mass is 9.81. The third kappa shape index (κ3) is 3.12. The van der Waals surface area contributed by atoms with Gasteiger partial charge in [-0.3, -0.25) is 4.99 Å². The van der Waals surface area contributed by atoms with Crippen molar-refractivity contribution in [1.29, 1.82) is 0 Å². The Morgan fingerprint density at radius 2 is 2.29 bits per heavy atom. The predicted octanol–water partition coefficient (Wildman–Crippen LogP) is 1.51. The maximum absolute atomic E-state index is 5.88. The Bertz CT molecular complexity index is 288. The molecule has 3 N–H and O–H groups in total. The Hall–Kier alpha value is -0.770. The van der Waals surface area contributed by atoms with Gasteiger partial charge < -0.3 is 15.8 Å². The highest BCUT2D eigenvalue weighted by atomic mass is 16.5. The van der Waals surface area contributed by atoms with E-state index in [-0.39, 0.29) is 5.41 Å². The van der Waals surface area contributed by atoms with Crippen molar-refractivity contribution in [2.75, 3.05) is 19.7 Å². The molecule has 0 aromatic heterocycles. The molecule has 0 spiro atoms. The number of nitrogens with two attached hydrogens (primary N) is 1. The monoisotopic (exact) mass is 239 g/mol. The molecule has 2 aliphatic rings. The standard InChI is InChI=1S/C13H25N3O/c1-3-7-15-12(14)16-9-13(2)6-8-17-11(13)10-4-5-10/h10-11H,3-9H2,1-2H3,(H3,14,15,16). The topological polar surface area (TPSA) is 59.6 Å². The zero-order valence-corrected chi connectivity index (χ0v) is 11.0. The van der Waals surface area contributed by atoms with E-state index in [1.165, 1.54) is 12.8 Å². The van der Waals surface area contributed by atoms with Crippen LogP contribution in [0.2, 0.25) is 0 Å². The largest absolute Gasteiger partial charge is 0.377 e. The second-order valence-electron chi connectivity index (χ2n) is 5.66. The molecule has 0 bridgehead atoms. The van der Waals surface area contributed by atoms with E-state index in [1.807, 2.05) is 0 Å². The first kappa shape index (κ1) is 12.7. The molecule has 0 amide bonds. The van der Waals surface area contributed by atoms with Gasteiger partial charge in [-0.25, -0.2) is 0 Å². The Kier molecular flexibility index (Phi) is 3.92. The average Bonchev–Trinajstić information content (AvgIpc) is 3.08. The number of aliphatic imine (C=N–C) groups is 1. The van der Waals surface area contributed by atoms with E-state index < -0.39 is 0 Å². The molecule has 2 unspecified atom stereocenters. The van der Waals surface area contributed by atoms with Crippen LogP contribution in [-0.2, 0) is 4.74 Å².